The lowest BCUT2D eigenvalue weighted by Gasteiger charge is -2.07. The molecule has 0 aliphatic heterocycles. The van der Waals surface area contributed by atoms with Gasteiger partial charge in [0.15, 0.2) is 0 Å². The van der Waals surface area contributed by atoms with Crippen molar-refractivity contribution in [3.8, 4) is 0 Å². The number of carbonyl (C=O) groups is 1. The highest BCUT2D eigenvalue weighted by molar-refractivity contribution is 5.91. The van der Waals surface area contributed by atoms with Gasteiger partial charge >= 0.3 is 0 Å². The van der Waals surface area contributed by atoms with Crippen LogP contribution >= 0.6 is 0 Å². The minimum Gasteiger partial charge on any atom is -0.349 e. The third-order valence-corrected chi connectivity index (χ3v) is 2.85. The van der Waals surface area contributed by atoms with Crippen molar-refractivity contribution in [2.45, 2.75) is 19.9 Å². The number of aromatic amines is 1. The number of nitrogens with zero attached hydrogens (tertiary/aromatic N) is 3. The third-order valence-electron chi connectivity index (χ3n) is 2.85. The van der Waals surface area contributed by atoms with Gasteiger partial charge in [0, 0.05) is 30.9 Å². The van der Waals surface area contributed by atoms with Gasteiger partial charge < -0.3 is 5.32 Å². The Morgan fingerprint density at radius 2 is 2.19 bits per heavy atom. The van der Waals surface area contributed by atoms with Crippen LogP contribution < -0.4 is 16.4 Å². The van der Waals surface area contributed by atoms with Crippen molar-refractivity contribution in [3.05, 3.63) is 56.6 Å². The molecule has 0 bridgehead atoms. The van der Waals surface area contributed by atoms with Gasteiger partial charge in [0.05, 0.1) is 6.33 Å². The molecule has 2 aromatic heterocycles. The topological polar surface area (TPSA) is 110 Å². The van der Waals surface area contributed by atoms with Gasteiger partial charge in [-0.2, -0.15) is 5.10 Å². The van der Waals surface area contributed by atoms with E-state index in [4.69, 9.17) is 0 Å². The number of amides is 1. The van der Waals surface area contributed by atoms with E-state index in [1.807, 2.05) is 6.92 Å². The van der Waals surface area contributed by atoms with Crippen LogP contribution in [0.25, 0.3) is 0 Å². The molecule has 110 valence electrons. The fraction of sp³-hybridized carbons (Fsp3) is 0.308. The van der Waals surface area contributed by atoms with E-state index in [-0.39, 0.29) is 23.4 Å². The van der Waals surface area contributed by atoms with Gasteiger partial charge in [-0.15, -0.1) is 0 Å². The van der Waals surface area contributed by atoms with Crippen molar-refractivity contribution in [2.24, 2.45) is 0 Å². The lowest BCUT2D eigenvalue weighted by molar-refractivity contribution is 0.0946. The molecule has 8 nitrogen and oxygen atoms in total. The van der Waals surface area contributed by atoms with Crippen LogP contribution in [0.4, 0.5) is 0 Å². The van der Waals surface area contributed by atoms with E-state index in [2.05, 4.69) is 20.5 Å². The standard InChI is InChI=1S/C13H15N5O3/c1-2-9-7-12(20)18(8-15-9)6-5-14-13(21)10-3-4-11(19)17-16-10/h3-4,7-8H,2,5-6H2,1H3,(H,14,21)(H,17,19). The third kappa shape index (κ3) is 3.85. The molecule has 2 N–H and O–H groups in total. The van der Waals surface area contributed by atoms with E-state index in [0.29, 0.717) is 13.0 Å². The van der Waals surface area contributed by atoms with Gasteiger partial charge in [-0.05, 0) is 12.5 Å². The molecule has 8 heteroatoms. The number of hydrogen-bond donors (Lipinski definition) is 2. The van der Waals surface area contributed by atoms with Gasteiger partial charge in [-0.25, -0.2) is 10.1 Å². The van der Waals surface area contributed by atoms with Gasteiger partial charge in [0.25, 0.3) is 17.0 Å². The molecule has 0 aromatic carbocycles. The van der Waals surface area contributed by atoms with E-state index < -0.39 is 5.91 Å². The summed E-state index contributed by atoms with van der Waals surface area (Å²) in [6.45, 7) is 2.49. The van der Waals surface area contributed by atoms with Crippen molar-refractivity contribution in [2.75, 3.05) is 6.54 Å². The molecular weight excluding hydrogens is 274 g/mol. The summed E-state index contributed by atoms with van der Waals surface area (Å²) in [5.41, 5.74) is 0.317. The summed E-state index contributed by atoms with van der Waals surface area (Å²) in [7, 11) is 0. The second kappa shape index (κ2) is 6.60. The minimum absolute atomic E-state index is 0.112. The molecule has 2 heterocycles. The summed E-state index contributed by atoms with van der Waals surface area (Å²) in [5, 5.41) is 8.40. The Morgan fingerprint density at radius 1 is 1.38 bits per heavy atom. The van der Waals surface area contributed by atoms with Crippen LogP contribution in [0.2, 0.25) is 0 Å². The molecule has 0 unspecified atom stereocenters. The summed E-state index contributed by atoms with van der Waals surface area (Å²) in [6.07, 6.45) is 2.16. The number of rotatable bonds is 5. The Balaban J connectivity index is 1.92. The van der Waals surface area contributed by atoms with Gasteiger partial charge in [-0.1, -0.05) is 6.92 Å². The van der Waals surface area contributed by atoms with Gasteiger partial charge in [-0.3, -0.25) is 19.0 Å². The predicted octanol–water partition coefficient (Wildman–Crippen LogP) is -0.681. The molecule has 0 fully saturated rings. The molecule has 0 saturated heterocycles. The Labute approximate surface area is 119 Å². The van der Waals surface area contributed by atoms with Crippen molar-refractivity contribution in [1.82, 2.24) is 25.1 Å². The highest BCUT2D eigenvalue weighted by Crippen LogP contribution is 1.90. The maximum Gasteiger partial charge on any atom is 0.271 e. The fourth-order valence-electron chi connectivity index (χ4n) is 1.68. The second-order valence-electron chi connectivity index (χ2n) is 4.33. The summed E-state index contributed by atoms with van der Waals surface area (Å²) in [5.74, 6) is -0.419. The first-order valence-corrected chi connectivity index (χ1v) is 6.49. The molecule has 21 heavy (non-hydrogen) atoms. The van der Waals surface area contributed by atoms with Crippen LogP contribution in [0.1, 0.15) is 23.1 Å². The molecule has 0 saturated carbocycles. The molecule has 0 atom stereocenters. The highest BCUT2D eigenvalue weighted by Gasteiger charge is 2.06. The summed E-state index contributed by atoms with van der Waals surface area (Å²) in [6, 6.07) is 4.03. The Bertz CT molecular complexity index is 729. The largest absolute Gasteiger partial charge is 0.349 e. The lowest BCUT2D eigenvalue weighted by Crippen LogP contribution is -2.31. The number of carbonyl (C=O) groups excluding carboxylic acids is 1. The van der Waals surface area contributed by atoms with Crippen LogP contribution in [0, 0.1) is 0 Å². The SMILES string of the molecule is CCc1cc(=O)n(CCNC(=O)c2ccc(=O)[nH]n2)cn1. The molecule has 0 radical (unpaired) electrons. The maximum atomic E-state index is 11.7. The smallest absolute Gasteiger partial charge is 0.271 e. The number of aryl methyl sites for hydroxylation is 1. The maximum absolute atomic E-state index is 11.7. The van der Waals surface area contributed by atoms with Crippen LogP contribution in [-0.2, 0) is 13.0 Å². The van der Waals surface area contributed by atoms with Gasteiger partial charge in [0.1, 0.15) is 5.69 Å². The first-order valence-electron chi connectivity index (χ1n) is 6.49. The fourth-order valence-corrected chi connectivity index (χ4v) is 1.68. The zero-order valence-electron chi connectivity index (χ0n) is 11.5. The lowest BCUT2D eigenvalue weighted by atomic mass is 10.3. The predicted molar refractivity (Wildman–Crippen MR) is 75.1 cm³/mol. The van der Waals surface area contributed by atoms with Crippen LogP contribution in [0.3, 0.4) is 0 Å². The zero-order chi connectivity index (χ0) is 15.2. The van der Waals surface area contributed by atoms with Crippen molar-refractivity contribution in [3.63, 3.8) is 0 Å². The van der Waals surface area contributed by atoms with E-state index in [1.165, 1.54) is 29.1 Å². The summed E-state index contributed by atoms with van der Waals surface area (Å²) < 4.78 is 1.42. The molecule has 2 rings (SSSR count). The number of hydrogen-bond acceptors (Lipinski definition) is 5. The minimum atomic E-state index is -0.419. The van der Waals surface area contributed by atoms with Crippen LogP contribution in [-0.4, -0.2) is 32.2 Å². The van der Waals surface area contributed by atoms with E-state index in [1.54, 1.807) is 0 Å². The second-order valence-corrected chi connectivity index (χ2v) is 4.33. The zero-order valence-corrected chi connectivity index (χ0v) is 11.5. The first kappa shape index (κ1) is 14.6. The van der Waals surface area contributed by atoms with Crippen molar-refractivity contribution in [1.29, 1.82) is 0 Å². The Kier molecular flexibility index (Phi) is 4.60. The van der Waals surface area contributed by atoms with E-state index >= 15 is 0 Å². The van der Waals surface area contributed by atoms with E-state index in [0.717, 1.165) is 5.69 Å². The average molecular weight is 289 g/mol. The van der Waals surface area contributed by atoms with Crippen LogP contribution in [0.5, 0.6) is 0 Å². The molecular formula is C13H15N5O3. The Morgan fingerprint density at radius 3 is 2.81 bits per heavy atom. The van der Waals surface area contributed by atoms with Gasteiger partial charge in [0.2, 0.25) is 0 Å². The van der Waals surface area contributed by atoms with Crippen LogP contribution in [0.15, 0.2) is 34.1 Å². The highest BCUT2D eigenvalue weighted by atomic mass is 16.2. The quantitative estimate of drug-likeness (QED) is 0.757. The molecule has 0 aliphatic carbocycles. The van der Waals surface area contributed by atoms with Crippen molar-refractivity contribution >= 4 is 5.91 Å². The monoisotopic (exact) mass is 289 g/mol. The number of H-pyrrole nitrogens is 1. The van der Waals surface area contributed by atoms with Crippen molar-refractivity contribution < 1.29 is 4.79 Å². The Hall–Kier alpha value is -2.77. The summed E-state index contributed by atoms with van der Waals surface area (Å²) in [4.78, 5) is 38.4. The summed E-state index contributed by atoms with van der Waals surface area (Å²) >= 11 is 0. The average Bonchev–Trinajstić information content (AvgIpc) is 2.49. The molecule has 0 aliphatic rings. The molecule has 0 spiro atoms. The number of aromatic nitrogens is 4. The number of nitrogens with one attached hydrogen (secondary N) is 2. The normalized spacial score (nSPS) is 10.3. The molecule has 1 amide bonds. The first-order chi connectivity index (χ1) is 10.1. The molecule has 2 aromatic rings. The van der Waals surface area contributed by atoms with E-state index in [9.17, 15) is 14.4 Å².